The van der Waals surface area contributed by atoms with Gasteiger partial charge in [0.1, 0.15) is 0 Å². The molecule has 2 aromatic rings. The fourth-order valence-electron chi connectivity index (χ4n) is 2.61. The van der Waals surface area contributed by atoms with Crippen LogP contribution in [0.3, 0.4) is 0 Å². The number of hydrogen-bond acceptors (Lipinski definition) is 5. The zero-order valence-corrected chi connectivity index (χ0v) is 11.6. The number of pyridine rings is 1. The van der Waals surface area contributed by atoms with Crippen molar-refractivity contribution in [3.8, 4) is 0 Å². The third kappa shape index (κ3) is 2.46. The van der Waals surface area contributed by atoms with Gasteiger partial charge in [0.2, 0.25) is 0 Å². The SMILES string of the molecule is Cc1noc2ncc(C(=O)N3CCCC(C(=O)O)C3)cc12. The van der Waals surface area contributed by atoms with Crippen molar-refractivity contribution in [2.75, 3.05) is 13.1 Å². The first-order valence-electron chi connectivity index (χ1n) is 6.80. The number of amides is 1. The van der Waals surface area contributed by atoms with Crippen molar-refractivity contribution in [3.05, 3.63) is 23.5 Å². The Balaban J connectivity index is 1.85. The number of rotatable bonds is 2. The monoisotopic (exact) mass is 289 g/mol. The van der Waals surface area contributed by atoms with E-state index in [1.54, 1.807) is 17.9 Å². The molecule has 110 valence electrons. The van der Waals surface area contributed by atoms with E-state index >= 15 is 0 Å². The molecule has 0 aliphatic carbocycles. The van der Waals surface area contributed by atoms with Crippen LogP contribution in [-0.4, -0.2) is 45.1 Å². The Bertz CT molecular complexity index is 709. The molecule has 1 atom stereocenters. The lowest BCUT2D eigenvalue weighted by molar-refractivity contribution is -0.143. The Morgan fingerprint density at radius 1 is 1.48 bits per heavy atom. The first-order chi connectivity index (χ1) is 10.1. The van der Waals surface area contributed by atoms with Gasteiger partial charge in [-0.15, -0.1) is 0 Å². The smallest absolute Gasteiger partial charge is 0.308 e. The van der Waals surface area contributed by atoms with Gasteiger partial charge in [0.05, 0.1) is 22.6 Å². The van der Waals surface area contributed by atoms with Crippen LogP contribution in [0.1, 0.15) is 28.9 Å². The molecule has 0 spiro atoms. The number of carboxylic acid groups (broad SMARTS) is 1. The van der Waals surface area contributed by atoms with Crippen molar-refractivity contribution >= 4 is 23.0 Å². The molecule has 1 saturated heterocycles. The van der Waals surface area contributed by atoms with Gasteiger partial charge in [-0.25, -0.2) is 4.98 Å². The van der Waals surface area contributed by atoms with Crippen molar-refractivity contribution in [3.63, 3.8) is 0 Å². The summed E-state index contributed by atoms with van der Waals surface area (Å²) in [7, 11) is 0. The largest absolute Gasteiger partial charge is 0.481 e. The molecule has 1 N–H and O–H groups in total. The molecule has 2 aromatic heterocycles. The molecule has 3 heterocycles. The van der Waals surface area contributed by atoms with Gasteiger partial charge in [-0.1, -0.05) is 5.16 Å². The standard InChI is InChI=1S/C14H15N3O4/c1-8-11-5-10(6-15-12(11)21-16-8)13(18)17-4-2-3-9(7-17)14(19)20/h5-6,9H,2-4,7H2,1H3,(H,19,20). The van der Waals surface area contributed by atoms with Gasteiger partial charge in [0.25, 0.3) is 11.6 Å². The third-order valence-corrected chi connectivity index (χ3v) is 3.81. The second-order valence-electron chi connectivity index (χ2n) is 5.27. The van der Waals surface area contributed by atoms with E-state index in [1.807, 2.05) is 0 Å². The van der Waals surface area contributed by atoms with E-state index < -0.39 is 11.9 Å². The Labute approximate surface area is 120 Å². The van der Waals surface area contributed by atoms with Crippen LogP contribution in [0.15, 0.2) is 16.8 Å². The number of carbonyl (C=O) groups excluding carboxylic acids is 1. The minimum Gasteiger partial charge on any atom is -0.481 e. The Kier molecular flexibility index (Phi) is 3.32. The molecule has 7 heteroatoms. The summed E-state index contributed by atoms with van der Waals surface area (Å²) < 4.78 is 5.01. The number of piperidine rings is 1. The van der Waals surface area contributed by atoms with E-state index in [4.69, 9.17) is 9.63 Å². The maximum absolute atomic E-state index is 12.5. The van der Waals surface area contributed by atoms with Crippen LogP contribution in [-0.2, 0) is 4.79 Å². The van der Waals surface area contributed by atoms with E-state index in [0.717, 1.165) is 0 Å². The summed E-state index contributed by atoms with van der Waals surface area (Å²) in [5.41, 5.74) is 1.50. The van der Waals surface area contributed by atoms with Crippen LogP contribution >= 0.6 is 0 Å². The second kappa shape index (κ2) is 5.16. The van der Waals surface area contributed by atoms with Gasteiger partial charge in [0.15, 0.2) is 0 Å². The number of fused-ring (bicyclic) bond motifs is 1. The number of likely N-dealkylation sites (tertiary alicyclic amines) is 1. The molecule has 0 saturated carbocycles. The maximum Gasteiger partial charge on any atom is 0.308 e. The molecule has 1 amide bonds. The number of nitrogens with zero attached hydrogens (tertiary/aromatic N) is 3. The average Bonchev–Trinajstić information content (AvgIpc) is 2.87. The highest BCUT2D eigenvalue weighted by molar-refractivity contribution is 5.97. The lowest BCUT2D eigenvalue weighted by Crippen LogP contribution is -2.42. The van der Waals surface area contributed by atoms with Crippen molar-refractivity contribution in [1.29, 1.82) is 0 Å². The number of carbonyl (C=O) groups is 2. The first-order valence-corrected chi connectivity index (χ1v) is 6.80. The maximum atomic E-state index is 12.5. The Hall–Kier alpha value is -2.44. The molecule has 1 unspecified atom stereocenters. The molecule has 3 rings (SSSR count). The van der Waals surface area contributed by atoms with Crippen LogP contribution in [0.25, 0.3) is 11.1 Å². The van der Waals surface area contributed by atoms with Crippen molar-refractivity contribution in [2.24, 2.45) is 5.92 Å². The number of aromatic nitrogens is 2. The summed E-state index contributed by atoms with van der Waals surface area (Å²) in [6, 6.07) is 1.70. The second-order valence-corrected chi connectivity index (χ2v) is 5.27. The minimum absolute atomic E-state index is 0.198. The molecule has 21 heavy (non-hydrogen) atoms. The van der Waals surface area contributed by atoms with Crippen LogP contribution in [0.2, 0.25) is 0 Å². The predicted octanol–water partition coefficient (Wildman–Crippen LogP) is 1.47. The molecule has 0 bridgehead atoms. The van der Waals surface area contributed by atoms with Crippen LogP contribution in [0.4, 0.5) is 0 Å². The molecule has 0 aromatic carbocycles. The summed E-state index contributed by atoms with van der Waals surface area (Å²) in [6.07, 6.45) is 2.76. The molecule has 0 radical (unpaired) electrons. The predicted molar refractivity (Wildman–Crippen MR) is 72.8 cm³/mol. The lowest BCUT2D eigenvalue weighted by atomic mass is 9.98. The first kappa shape index (κ1) is 13.5. The highest BCUT2D eigenvalue weighted by Gasteiger charge is 2.29. The van der Waals surface area contributed by atoms with Gasteiger partial charge in [0, 0.05) is 19.3 Å². The fourth-order valence-corrected chi connectivity index (χ4v) is 2.61. The highest BCUT2D eigenvalue weighted by Crippen LogP contribution is 2.21. The summed E-state index contributed by atoms with van der Waals surface area (Å²) in [5.74, 6) is -1.54. The van der Waals surface area contributed by atoms with E-state index in [2.05, 4.69) is 10.1 Å². The number of carboxylic acids is 1. The Morgan fingerprint density at radius 2 is 2.29 bits per heavy atom. The molecule has 1 aliphatic heterocycles. The van der Waals surface area contributed by atoms with Gasteiger partial charge in [-0.3, -0.25) is 9.59 Å². The van der Waals surface area contributed by atoms with E-state index in [9.17, 15) is 9.59 Å². The van der Waals surface area contributed by atoms with Crippen molar-refractivity contribution in [2.45, 2.75) is 19.8 Å². The molecular formula is C14H15N3O4. The number of aliphatic carboxylic acids is 1. The third-order valence-electron chi connectivity index (χ3n) is 3.81. The summed E-state index contributed by atoms with van der Waals surface area (Å²) in [5, 5.41) is 13.6. The molecule has 1 fully saturated rings. The quantitative estimate of drug-likeness (QED) is 0.899. The van der Waals surface area contributed by atoms with E-state index in [1.165, 1.54) is 6.20 Å². The normalized spacial score (nSPS) is 18.9. The fraction of sp³-hybridized carbons (Fsp3) is 0.429. The van der Waals surface area contributed by atoms with Gasteiger partial charge in [-0.2, -0.15) is 0 Å². The van der Waals surface area contributed by atoms with Crippen LogP contribution < -0.4 is 0 Å². The highest BCUT2D eigenvalue weighted by atomic mass is 16.5. The van der Waals surface area contributed by atoms with Gasteiger partial charge < -0.3 is 14.5 Å². The van der Waals surface area contributed by atoms with Gasteiger partial charge in [-0.05, 0) is 25.8 Å². The summed E-state index contributed by atoms with van der Waals surface area (Å²) in [4.78, 5) is 29.2. The Morgan fingerprint density at radius 3 is 3.05 bits per heavy atom. The zero-order chi connectivity index (χ0) is 15.0. The number of hydrogen-bond donors (Lipinski definition) is 1. The summed E-state index contributed by atoms with van der Waals surface area (Å²) in [6.45, 7) is 2.60. The molecule has 1 aliphatic rings. The van der Waals surface area contributed by atoms with Crippen molar-refractivity contribution in [1.82, 2.24) is 15.0 Å². The van der Waals surface area contributed by atoms with Crippen molar-refractivity contribution < 1.29 is 19.2 Å². The van der Waals surface area contributed by atoms with E-state index in [0.29, 0.717) is 41.7 Å². The molecular weight excluding hydrogens is 274 g/mol. The topological polar surface area (TPSA) is 96.5 Å². The number of aryl methyl sites for hydroxylation is 1. The zero-order valence-electron chi connectivity index (χ0n) is 11.6. The summed E-state index contributed by atoms with van der Waals surface area (Å²) >= 11 is 0. The van der Waals surface area contributed by atoms with Crippen LogP contribution in [0, 0.1) is 12.8 Å². The van der Waals surface area contributed by atoms with Crippen LogP contribution in [0.5, 0.6) is 0 Å². The minimum atomic E-state index is -0.851. The average molecular weight is 289 g/mol. The van der Waals surface area contributed by atoms with Gasteiger partial charge >= 0.3 is 5.97 Å². The lowest BCUT2D eigenvalue weighted by Gasteiger charge is -2.30. The van der Waals surface area contributed by atoms with E-state index in [-0.39, 0.29) is 12.5 Å². The molecule has 7 nitrogen and oxygen atoms in total.